The molecule has 2 aromatic rings. The van der Waals surface area contributed by atoms with Crippen LogP contribution < -0.4 is 10.9 Å². The third kappa shape index (κ3) is 3.08. The number of nitrogens with zero attached hydrogens (tertiary/aromatic N) is 1. The molecule has 2 heterocycles. The van der Waals surface area contributed by atoms with E-state index in [-0.39, 0.29) is 11.3 Å². The van der Waals surface area contributed by atoms with Crippen molar-refractivity contribution in [2.45, 2.75) is 13.8 Å². The Balaban J connectivity index is 1.99. The van der Waals surface area contributed by atoms with Crippen LogP contribution in [0.4, 0.5) is 5.88 Å². The van der Waals surface area contributed by atoms with Crippen LogP contribution in [-0.4, -0.2) is 16.7 Å². The zero-order chi connectivity index (χ0) is 15.6. The normalized spacial score (nSPS) is 10.2. The smallest absolute Gasteiger partial charge is 0.433 e. The molecule has 9 heteroatoms. The van der Waals surface area contributed by atoms with E-state index in [4.69, 9.17) is 8.83 Å². The minimum Gasteiger partial charge on any atom is -0.466 e. The molecule has 2 aromatic heterocycles. The molecule has 9 nitrogen and oxygen atoms in total. The van der Waals surface area contributed by atoms with Crippen LogP contribution in [0.5, 0.6) is 0 Å². The molecule has 0 aliphatic carbocycles. The molecule has 2 amide bonds. The molecular weight excluding hydrogens is 282 g/mol. The van der Waals surface area contributed by atoms with Gasteiger partial charge in [0.2, 0.25) is 5.76 Å². The Kier molecular flexibility index (Phi) is 3.74. The molecule has 0 aromatic carbocycles. The lowest BCUT2D eigenvalue weighted by Gasteiger charge is -2.04. The van der Waals surface area contributed by atoms with E-state index in [0.717, 1.165) is 12.1 Å². The minimum absolute atomic E-state index is 0.276. The van der Waals surface area contributed by atoms with Gasteiger partial charge in [-0.25, -0.2) is 0 Å². The molecule has 0 bridgehead atoms. The van der Waals surface area contributed by atoms with Gasteiger partial charge in [0.1, 0.15) is 16.4 Å². The Morgan fingerprint density at radius 1 is 1.14 bits per heavy atom. The highest BCUT2D eigenvalue weighted by Crippen LogP contribution is 2.15. The van der Waals surface area contributed by atoms with Crippen molar-refractivity contribution in [3.05, 3.63) is 51.2 Å². The highest BCUT2D eigenvalue weighted by Gasteiger charge is 2.19. The number of aryl methyl sites for hydroxylation is 2. The van der Waals surface area contributed by atoms with Crippen LogP contribution in [0.2, 0.25) is 0 Å². The highest BCUT2D eigenvalue weighted by molar-refractivity contribution is 5.98. The fourth-order valence-corrected chi connectivity index (χ4v) is 1.65. The SMILES string of the molecule is Cc1cc(C(=O)NNC(=O)c2ccc([N+](=O)[O-])o2)c(C)o1. The Labute approximate surface area is 118 Å². The third-order valence-corrected chi connectivity index (χ3v) is 2.57. The number of rotatable bonds is 3. The van der Waals surface area contributed by atoms with E-state index >= 15 is 0 Å². The van der Waals surface area contributed by atoms with E-state index in [0.29, 0.717) is 11.5 Å². The van der Waals surface area contributed by atoms with Crippen molar-refractivity contribution in [2.75, 3.05) is 0 Å². The Bertz CT molecular complexity index is 714. The van der Waals surface area contributed by atoms with Gasteiger partial charge in [0.05, 0.1) is 11.6 Å². The topological polar surface area (TPSA) is 128 Å². The fraction of sp³-hybridized carbons (Fsp3) is 0.167. The number of carbonyl (C=O) groups excluding carboxylic acids is 2. The zero-order valence-corrected chi connectivity index (χ0v) is 11.1. The second-order valence-corrected chi connectivity index (χ2v) is 4.13. The van der Waals surface area contributed by atoms with Gasteiger partial charge >= 0.3 is 11.8 Å². The van der Waals surface area contributed by atoms with Gasteiger partial charge in [-0.15, -0.1) is 0 Å². The van der Waals surface area contributed by atoms with Crippen LogP contribution in [0, 0.1) is 24.0 Å². The molecule has 0 saturated heterocycles. The summed E-state index contributed by atoms with van der Waals surface area (Å²) >= 11 is 0. The number of furan rings is 2. The van der Waals surface area contributed by atoms with Gasteiger partial charge in [0, 0.05) is 0 Å². The predicted octanol–water partition coefficient (Wildman–Crippen LogP) is 1.47. The molecule has 0 aliphatic heterocycles. The van der Waals surface area contributed by atoms with Crippen molar-refractivity contribution in [2.24, 2.45) is 0 Å². The number of carbonyl (C=O) groups is 2. The van der Waals surface area contributed by atoms with Crippen molar-refractivity contribution >= 4 is 17.7 Å². The van der Waals surface area contributed by atoms with E-state index in [1.807, 2.05) is 0 Å². The molecule has 21 heavy (non-hydrogen) atoms. The maximum Gasteiger partial charge on any atom is 0.433 e. The van der Waals surface area contributed by atoms with Crippen LogP contribution in [0.1, 0.15) is 32.4 Å². The summed E-state index contributed by atoms with van der Waals surface area (Å²) in [6.45, 7) is 3.30. The lowest BCUT2D eigenvalue weighted by Crippen LogP contribution is -2.41. The maximum absolute atomic E-state index is 11.8. The largest absolute Gasteiger partial charge is 0.466 e. The summed E-state index contributed by atoms with van der Waals surface area (Å²) in [5.41, 5.74) is 4.53. The Morgan fingerprint density at radius 2 is 1.81 bits per heavy atom. The number of hydrogen-bond donors (Lipinski definition) is 2. The first-order valence-corrected chi connectivity index (χ1v) is 5.80. The summed E-state index contributed by atoms with van der Waals surface area (Å²) < 4.78 is 9.88. The van der Waals surface area contributed by atoms with Gasteiger partial charge in [0.15, 0.2) is 0 Å². The summed E-state index contributed by atoms with van der Waals surface area (Å²) in [5, 5.41) is 10.4. The van der Waals surface area contributed by atoms with Crippen LogP contribution >= 0.6 is 0 Å². The summed E-state index contributed by atoms with van der Waals surface area (Å²) in [6, 6.07) is 3.70. The van der Waals surface area contributed by atoms with Crippen LogP contribution in [0.15, 0.2) is 27.0 Å². The maximum atomic E-state index is 11.8. The monoisotopic (exact) mass is 293 g/mol. The van der Waals surface area contributed by atoms with E-state index < -0.39 is 22.6 Å². The Hall–Kier alpha value is -3.10. The summed E-state index contributed by atoms with van der Waals surface area (Å²) in [6.07, 6.45) is 0. The first-order valence-electron chi connectivity index (χ1n) is 5.80. The summed E-state index contributed by atoms with van der Waals surface area (Å²) in [5.74, 6) is -1.26. The van der Waals surface area contributed by atoms with E-state index in [2.05, 4.69) is 10.9 Å². The minimum atomic E-state index is -0.811. The second-order valence-electron chi connectivity index (χ2n) is 4.13. The predicted molar refractivity (Wildman–Crippen MR) is 68.5 cm³/mol. The van der Waals surface area contributed by atoms with Crippen molar-refractivity contribution in [1.82, 2.24) is 10.9 Å². The fourth-order valence-electron chi connectivity index (χ4n) is 1.65. The molecule has 0 unspecified atom stereocenters. The number of amides is 2. The first kappa shape index (κ1) is 14.3. The van der Waals surface area contributed by atoms with E-state index in [1.54, 1.807) is 13.8 Å². The molecule has 0 spiro atoms. The first-order chi connectivity index (χ1) is 9.88. The molecule has 0 atom stereocenters. The molecule has 0 saturated carbocycles. The van der Waals surface area contributed by atoms with Crippen molar-refractivity contribution in [3.63, 3.8) is 0 Å². The molecule has 0 fully saturated rings. The molecule has 110 valence electrons. The number of hydrogen-bond acceptors (Lipinski definition) is 6. The standard InChI is InChI=1S/C12H11N3O6/c1-6-5-8(7(2)20-6)11(16)13-14-12(17)9-3-4-10(21-9)15(18)19/h3-5H,1-2H3,(H,13,16)(H,14,17). The lowest BCUT2D eigenvalue weighted by molar-refractivity contribution is -0.402. The summed E-state index contributed by atoms with van der Waals surface area (Å²) in [7, 11) is 0. The second kappa shape index (κ2) is 5.49. The Morgan fingerprint density at radius 3 is 2.33 bits per heavy atom. The zero-order valence-electron chi connectivity index (χ0n) is 11.1. The van der Waals surface area contributed by atoms with Crippen LogP contribution in [-0.2, 0) is 0 Å². The highest BCUT2D eigenvalue weighted by atomic mass is 16.6. The lowest BCUT2D eigenvalue weighted by atomic mass is 10.2. The van der Waals surface area contributed by atoms with Crippen molar-refractivity contribution in [3.8, 4) is 0 Å². The molecular formula is C12H11N3O6. The van der Waals surface area contributed by atoms with Gasteiger partial charge < -0.3 is 8.83 Å². The van der Waals surface area contributed by atoms with Crippen molar-refractivity contribution in [1.29, 1.82) is 0 Å². The van der Waals surface area contributed by atoms with Gasteiger partial charge in [-0.3, -0.25) is 30.6 Å². The van der Waals surface area contributed by atoms with Crippen molar-refractivity contribution < 1.29 is 23.3 Å². The number of nitrogens with one attached hydrogen (secondary N) is 2. The average molecular weight is 293 g/mol. The summed E-state index contributed by atoms with van der Waals surface area (Å²) in [4.78, 5) is 33.1. The molecule has 2 N–H and O–H groups in total. The quantitative estimate of drug-likeness (QED) is 0.651. The van der Waals surface area contributed by atoms with E-state index in [1.165, 1.54) is 6.07 Å². The van der Waals surface area contributed by atoms with Gasteiger partial charge in [-0.2, -0.15) is 0 Å². The number of hydrazine groups is 1. The molecule has 2 rings (SSSR count). The van der Waals surface area contributed by atoms with Gasteiger partial charge in [-0.05, 0) is 26.0 Å². The van der Waals surface area contributed by atoms with Crippen LogP contribution in [0.3, 0.4) is 0 Å². The van der Waals surface area contributed by atoms with E-state index in [9.17, 15) is 19.7 Å². The van der Waals surface area contributed by atoms with Gasteiger partial charge in [-0.1, -0.05) is 0 Å². The number of nitro groups is 1. The molecule has 0 radical (unpaired) electrons. The molecule has 0 aliphatic rings. The third-order valence-electron chi connectivity index (χ3n) is 2.57. The van der Waals surface area contributed by atoms with Gasteiger partial charge in [0.25, 0.3) is 5.91 Å². The van der Waals surface area contributed by atoms with Crippen LogP contribution in [0.25, 0.3) is 0 Å². The average Bonchev–Trinajstić information content (AvgIpc) is 3.02.